The van der Waals surface area contributed by atoms with Gasteiger partial charge in [0.25, 0.3) is 0 Å². The number of amides is 1. The monoisotopic (exact) mass is 428 g/mol. The fraction of sp³-hybridized carbons (Fsp3) is 0.286. The van der Waals surface area contributed by atoms with Crippen LogP contribution >= 0.6 is 23.1 Å². The number of hydrogen-bond donors (Lipinski definition) is 1. The first-order chi connectivity index (χ1) is 14.1. The Labute approximate surface area is 178 Å². The zero-order valence-corrected chi connectivity index (χ0v) is 17.6. The first kappa shape index (κ1) is 19.8. The lowest BCUT2D eigenvalue weighted by Gasteiger charge is -2.30. The minimum Gasteiger partial charge on any atom is -0.384 e. The minimum atomic E-state index is 0.139. The Morgan fingerprint density at radius 2 is 2.03 bits per heavy atom. The van der Waals surface area contributed by atoms with Gasteiger partial charge in [-0.3, -0.25) is 4.79 Å². The van der Waals surface area contributed by atoms with Crippen LogP contribution in [0.15, 0.2) is 42.5 Å². The van der Waals surface area contributed by atoms with Crippen LogP contribution < -0.4 is 10.2 Å². The third-order valence-electron chi connectivity index (χ3n) is 4.78. The summed E-state index contributed by atoms with van der Waals surface area (Å²) in [6.45, 7) is 1.14. The molecular formula is C21H21ClN4O2S. The number of aromatic nitrogens is 2. The van der Waals surface area contributed by atoms with Crippen LogP contribution in [0.1, 0.15) is 23.4 Å². The molecule has 1 aromatic heterocycles. The van der Waals surface area contributed by atoms with Crippen molar-refractivity contribution in [3.63, 3.8) is 0 Å². The molecule has 3 aromatic rings. The fourth-order valence-corrected chi connectivity index (χ4v) is 4.07. The van der Waals surface area contributed by atoms with E-state index < -0.39 is 0 Å². The molecule has 29 heavy (non-hydrogen) atoms. The Morgan fingerprint density at radius 3 is 2.83 bits per heavy atom. The molecule has 0 spiro atoms. The van der Waals surface area contributed by atoms with Crippen LogP contribution in [-0.4, -0.2) is 29.0 Å². The molecule has 0 saturated carbocycles. The molecule has 4 rings (SSSR count). The van der Waals surface area contributed by atoms with Gasteiger partial charge in [-0.15, -0.1) is 0 Å². The highest BCUT2D eigenvalue weighted by Crippen LogP contribution is 2.32. The molecule has 0 bridgehead atoms. The number of methoxy groups -OCH3 is 1. The molecule has 0 saturated heterocycles. The summed E-state index contributed by atoms with van der Waals surface area (Å²) in [7, 11) is 1.67. The van der Waals surface area contributed by atoms with Crippen molar-refractivity contribution in [2.24, 2.45) is 0 Å². The van der Waals surface area contributed by atoms with Crippen LogP contribution in [0, 0.1) is 0 Å². The van der Waals surface area contributed by atoms with Gasteiger partial charge < -0.3 is 15.0 Å². The Bertz CT molecular complexity index is 1010. The van der Waals surface area contributed by atoms with E-state index in [2.05, 4.69) is 20.7 Å². The lowest BCUT2D eigenvalue weighted by molar-refractivity contribution is -0.119. The lowest BCUT2D eigenvalue weighted by atomic mass is 9.99. The van der Waals surface area contributed by atoms with Crippen molar-refractivity contribution in [2.75, 3.05) is 23.9 Å². The van der Waals surface area contributed by atoms with E-state index in [1.165, 1.54) is 11.5 Å². The molecule has 2 heterocycles. The smallest absolute Gasteiger partial charge is 0.227 e. The lowest BCUT2D eigenvalue weighted by Crippen LogP contribution is -2.34. The molecule has 1 amide bonds. The molecule has 6 nitrogen and oxygen atoms in total. The van der Waals surface area contributed by atoms with Crippen LogP contribution in [0.5, 0.6) is 0 Å². The van der Waals surface area contributed by atoms with E-state index in [-0.39, 0.29) is 5.91 Å². The number of carbonyl (C=O) groups is 1. The summed E-state index contributed by atoms with van der Waals surface area (Å²) in [5.41, 5.74) is 4.10. The van der Waals surface area contributed by atoms with E-state index in [1.54, 1.807) is 7.11 Å². The number of ether oxygens (including phenoxy) is 1. The molecule has 1 N–H and O–H groups in total. The van der Waals surface area contributed by atoms with Crippen molar-refractivity contribution >= 4 is 45.5 Å². The van der Waals surface area contributed by atoms with E-state index in [9.17, 15) is 4.79 Å². The highest BCUT2D eigenvalue weighted by Gasteiger charge is 2.24. The van der Waals surface area contributed by atoms with Gasteiger partial charge in [0.2, 0.25) is 11.0 Å². The van der Waals surface area contributed by atoms with Crippen molar-refractivity contribution < 1.29 is 9.53 Å². The summed E-state index contributed by atoms with van der Waals surface area (Å²) < 4.78 is 9.41. The van der Waals surface area contributed by atoms with Crippen molar-refractivity contribution in [3.8, 4) is 0 Å². The van der Waals surface area contributed by atoms with Crippen molar-refractivity contribution in [1.82, 2.24) is 9.36 Å². The average Bonchev–Trinajstić information content (AvgIpc) is 3.17. The summed E-state index contributed by atoms with van der Waals surface area (Å²) in [5.74, 6) is 0.914. The minimum absolute atomic E-state index is 0.139. The fourth-order valence-electron chi connectivity index (χ4n) is 3.31. The van der Waals surface area contributed by atoms with E-state index in [0.29, 0.717) is 31.0 Å². The topological polar surface area (TPSA) is 67.3 Å². The van der Waals surface area contributed by atoms with Crippen molar-refractivity contribution in [2.45, 2.75) is 25.8 Å². The summed E-state index contributed by atoms with van der Waals surface area (Å²) in [6, 6.07) is 13.7. The van der Waals surface area contributed by atoms with E-state index in [4.69, 9.17) is 16.3 Å². The van der Waals surface area contributed by atoms with Gasteiger partial charge in [0.1, 0.15) is 5.82 Å². The second kappa shape index (κ2) is 8.90. The second-order valence-electron chi connectivity index (χ2n) is 6.83. The zero-order valence-electron chi connectivity index (χ0n) is 16.0. The summed E-state index contributed by atoms with van der Waals surface area (Å²) in [5, 5.41) is 4.76. The molecule has 1 aliphatic heterocycles. The van der Waals surface area contributed by atoms with Gasteiger partial charge in [-0.05, 0) is 47.9 Å². The molecular weight excluding hydrogens is 408 g/mol. The largest absolute Gasteiger partial charge is 0.384 e. The Kier molecular flexibility index (Phi) is 6.08. The van der Waals surface area contributed by atoms with Gasteiger partial charge in [-0.1, -0.05) is 23.7 Å². The van der Waals surface area contributed by atoms with Gasteiger partial charge in [0, 0.05) is 47.9 Å². The van der Waals surface area contributed by atoms with Gasteiger partial charge >= 0.3 is 0 Å². The maximum atomic E-state index is 12.6. The first-order valence-electron chi connectivity index (χ1n) is 9.38. The van der Waals surface area contributed by atoms with Crippen LogP contribution in [0.25, 0.3) is 0 Å². The normalized spacial score (nSPS) is 13.4. The van der Waals surface area contributed by atoms with Crippen LogP contribution in [0.4, 0.5) is 16.5 Å². The molecule has 0 radical (unpaired) electrons. The van der Waals surface area contributed by atoms with Crippen LogP contribution in [-0.2, 0) is 28.9 Å². The summed E-state index contributed by atoms with van der Waals surface area (Å²) >= 11 is 7.31. The molecule has 150 valence electrons. The van der Waals surface area contributed by atoms with Gasteiger partial charge in [0.15, 0.2) is 0 Å². The second-order valence-corrected chi connectivity index (χ2v) is 8.02. The quantitative estimate of drug-likeness (QED) is 0.595. The molecule has 0 unspecified atom stereocenters. The number of aryl methyl sites for hydroxylation is 1. The number of benzene rings is 2. The van der Waals surface area contributed by atoms with Crippen LogP contribution in [0.3, 0.4) is 0 Å². The molecule has 2 aromatic carbocycles. The van der Waals surface area contributed by atoms with Gasteiger partial charge in [-0.2, -0.15) is 4.37 Å². The highest BCUT2D eigenvalue weighted by molar-refractivity contribution is 7.09. The maximum Gasteiger partial charge on any atom is 0.227 e. The molecule has 8 heteroatoms. The number of hydrogen-bond acceptors (Lipinski definition) is 6. The summed E-state index contributed by atoms with van der Waals surface area (Å²) in [4.78, 5) is 18.9. The van der Waals surface area contributed by atoms with E-state index >= 15 is 0 Å². The third-order valence-corrected chi connectivity index (χ3v) is 5.70. The predicted octanol–water partition coefficient (Wildman–Crippen LogP) is 4.60. The molecule has 0 aliphatic carbocycles. The molecule has 0 atom stereocenters. The number of nitrogens with zero attached hydrogens (tertiary/aromatic N) is 3. The number of nitrogens with one attached hydrogen (secondary N) is 1. The van der Waals surface area contributed by atoms with E-state index in [0.717, 1.165) is 39.9 Å². The Balaban J connectivity index is 1.51. The van der Waals surface area contributed by atoms with Crippen molar-refractivity contribution in [1.29, 1.82) is 0 Å². The first-order valence-corrected chi connectivity index (χ1v) is 10.5. The number of fused-ring (bicyclic) bond motifs is 1. The number of rotatable bonds is 7. The van der Waals surface area contributed by atoms with Crippen molar-refractivity contribution in [3.05, 3.63) is 64.4 Å². The maximum absolute atomic E-state index is 12.6. The summed E-state index contributed by atoms with van der Waals surface area (Å²) in [6.07, 6.45) is 1.93. The van der Waals surface area contributed by atoms with Gasteiger partial charge in [0.05, 0.1) is 13.2 Å². The highest BCUT2D eigenvalue weighted by atomic mass is 35.5. The Morgan fingerprint density at radius 1 is 1.21 bits per heavy atom. The number of halogens is 1. The van der Waals surface area contributed by atoms with E-state index in [1.807, 2.05) is 41.3 Å². The molecule has 0 fully saturated rings. The standard InChI is InChI=1S/C21H21ClN4O2S/c1-28-11-10-19-24-21(29-25-19)23-17-7-8-18-15(12-17)4-9-20(27)26(18)13-14-2-5-16(22)6-3-14/h2-3,5-8,12H,4,9-11,13H2,1H3,(H,23,24,25). The SMILES string of the molecule is COCCc1nsc(Nc2ccc3c(c2)CCC(=O)N3Cc2ccc(Cl)cc2)n1. The average molecular weight is 429 g/mol. The third kappa shape index (κ3) is 4.75. The number of carbonyl (C=O) groups excluding carboxylic acids is 1. The Hall–Kier alpha value is -2.48. The van der Waals surface area contributed by atoms with Crippen LogP contribution in [0.2, 0.25) is 5.02 Å². The van der Waals surface area contributed by atoms with Gasteiger partial charge in [-0.25, -0.2) is 4.98 Å². The number of anilines is 3. The molecule has 1 aliphatic rings. The predicted molar refractivity (Wildman–Crippen MR) is 116 cm³/mol. The zero-order chi connectivity index (χ0) is 20.2.